The topological polar surface area (TPSA) is 50.5 Å². The Balaban J connectivity index is 1.09. The van der Waals surface area contributed by atoms with Crippen molar-refractivity contribution in [2.24, 2.45) is 23.7 Å². The highest BCUT2D eigenvalue weighted by Gasteiger charge is 2.62. The largest absolute Gasteiger partial charge is 0.455 e. The molecule has 55 heavy (non-hydrogen) atoms. The van der Waals surface area contributed by atoms with Gasteiger partial charge in [0.05, 0.1) is 9.79 Å². The molecule has 1 aliphatic heterocycles. The fourth-order valence-electron chi connectivity index (χ4n) is 11.9. The SMILES string of the molecule is O=S1(=O)c2ccccc2C2(c3cc(N(c4cccc(-c5cccc6c5oc5ccccc56)c4)c4ccc5ccccc5c4)ccc31)C1CC3CC(C1)CC2C3. The lowest BCUT2D eigenvalue weighted by molar-refractivity contribution is -0.0446. The molecule has 0 radical (unpaired) electrons. The summed E-state index contributed by atoms with van der Waals surface area (Å²) in [7, 11) is -3.71. The molecule has 2 heterocycles. The predicted octanol–water partition coefficient (Wildman–Crippen LogP) is 12.8. The number of hydrogen-bond donors (Lipinski definition) is 0. The Labute approximate surface area is 321 Å². The molecule has 5 aliphatic rings. The number of anilines is 3. The number of nitrogens with zero attached hydrogens (tertiary/aromatic N) is 1. The molecule has 0 amide bonds. The van der Waals surface area contributed by atoms with Gasteiger partial charge in [-0.1, -0.05) is 97.1 Å². The Morgan fingerprint density at radius 3 is 2.04 bits per heavy atom. The second-order valence-corrected chi connectivity index (χ2v) is 18.4. The minimum absolute atomic E-state index is 0.325. The molecule has 13 rings (SSSR count). The van der Waals surface area contributed by atoms with Gasteiger partial charge in [-0.15, -0.1) is 0 Å². The Kier molecular flexibility index (Phi) is 6.59. The molecule has 0 N–H and O–H groups in total. The first-order valence-corrected chi connectivity index (χ1v) is 21.2. The van der Waals surface area contributed by atoms with Gasteiger partial charge in [0.1, 0.15) is 11.2 Å². The molecule has 4 nitrogen and oxygen atoms in total. The van der Waals surface area contributed by atoms with Gasteiger partial charge in [-0.05, 0) is 138 Å². The predicted molar refractivity (Wildman–Crippen MR) is 221 cm³/mol. The smallest absolute Gasteiger partial charge is 0.207 e. The van der Waals surface area contributed by atoms with Crippen molar-refractivity contribution >= 4 is 59.6 Å². The fraction of sp³-hybridized carbons (Fsp3) is 0.200. The highest BCUT2D eigenvalue weighted by molar-refractivity contribution is 7.91. The van der Waals surface area contributed by atoms with E-state index in [4.69, 9.17) is 4.42 Å². The van der Waals surface area contributed by atoms with Crippen LogP contribution in [-0.4, -0.2) is 8.42 Å². The zero-order valence-corrected chi connectivity index (χ0v) is 31.2. The summed E-state index contributed by atoms with van der Waals surface area (Å²) in [6.07, 6.45) is 6.04. The summed E-state index contributed by atoms with van der Waals surface area (Å²) in [6.45, 7) is 0. The maximum atomic E-state index is 14.6. The van der Waals surface area contributed by atoms with Crippen LogP contribution in [0.15, 0.2) is 166 Å². The van der Waals surface area contributed by atoms with Gasteiger partial charge in [0.25, 0.3) is 0 Å². The van der Waals surface area contributed by atoms with E-state index in [1.807, 2.05) is 36.4 Å². The van der Waals surface area contributed by atoms with E-state index in [1.165, 1.54) is 37.5 Å². The van der Waals surface area contributed by atoms with Crippen molar-refractivity contribution in [2.45, 2.75) is 47.3 Å². The lowest BCUT2D eigenvalue weighted by Gasteiger charge is -2.63. The number of para-hydroxylation sites is 2. The summed E-state index contributed by atoms with van der Waals surface area (Å²) >= 11 is 0. The van der Waals surface area contributed by atoms with Crippen LogP contribution in [-0.2, 0) is 15.3 Å². The molecule has 5 heteroatoms. The first kappa shape index (κ1) is 31.7. The first-order valence-electron chi connectivity index (χ1n) is 19.8. The molecule has 4 aliphatic carbocycles. The zero-order chi connectivity index (χ0) is 36.5. The summed E-state index contributed by atoms with van der Waals surface area (Å²) in [6, 6.07) is 52.6. The molecule has 1 aromatic heterocycles. The number of rotatable bonds is 4. The molecule has 1 spiro atoms. The number of fused-ring (bicyclic) bond motifs is 6. The number of hydrogen-bond acceptors (Lipinski definition) is 4. The summed E-state index contributed by atoms with van der Waals surface area (Å²) in [5.41, 5.74) is 8.55. The minimum Gasteiger partial charge on any atom is -0.455 e. The van der Waals surface area contributed by atoms with Crippen molar-refractivity contribution in [2.75, 3.05) is 4.90 Å². The monoisotopic (exact) mass is 733 g/mol. The Morgan fingerprint density at radius 1 is 0.527 bits per heavy atom. The summed E-state index contributed by atoms with van der Waals surface area (Å²) in [4.78, 5) is 3.33. The maximum Gasteiger partial charge on any atom is 0.207 e. The molecule has 4 saturated carbocycles. The Hall–Kier alpha value is -5.65. The quantitative estimate of drug-likeness (QED) is 0.181. The maximum absolute atomic E-state index is 14.6. The van der Waals surface area contributed by atoms with Crippen LogP contribution in [0.25, 0.3) is 43.8 Å². The normalized spacial score (nSPS) is 24.4. The average Bonchev–Trinajstić information content (AvgIpc) is 3.60. The van der Waals surface area contributed by atoms with Crippen molar-refractivity contribution < 1.29 is 12.8 Å². The van der Waals surface area contributed by atoms with Gasteiger partial charge >= 0.3 is 0 Å². The Morgan fingerprint density at radius 2 is 1.18 bits per heavy atom. The van der Waals surface area contributed by atoms with E-state index in [-0.39, 0.29) is 5.41 Å². The van der Waals surface area contributed by atoms with Crippen LogP contribution in [0.5, 0.6) is 0 Å². The van der Waals surface area contributed by atoms with E-state index in [2.05, 4.69) is 120 Å². The number of furan rings is 1. The van der Waals surface area contributed by atoms with Crippen LogP contribution in [0.2, 0.25) is 0 Å². The third kappa shape index (κ3) is 4.42. The van der Waals surface area contributed by atoms with Gasteiger partial charge in [-0.2, -0.15) is 0 Å². The van der Waals surface area contributed by atoms with Gasteiger partial charge in [0.15, 0.2) is 0 Å². The number of sulfone groups is 1. The third-order valence-corrected chi connectivity index (χ3v) is 15.7. The van der Waals surface area contributed by atoms with Crippen molar-refractivity contribution in [3.8, 4) is 11.1 Å². The van der Waals surface area contributed by atoms with E-state index in [9.17, 15) is 8.42 Å². The number of benzene rings is 7. The highest BCUT2D eigenvalue weighted by Crippen LogP contribution is 2.68. The van der Waals surface area contributed by atoms with Crippen molar-refractivity contribution in [1.82, 2.24) is 0 Å². The van der Waals surface area contributed by atoms with Crippen LogP contribution in [0, 0.1) is 23.7 Å². The molecular formula is C50H39NO3S. The van der Waals surface area contributed by atoms with Crippen LogP contribution < -0.4 is 4.90 Å². The van der Waals surface area contributed by atoms with E-state index < -0.39 is 9.84 Å². The van der Waals surface area contributed by atoms with Gasteiger partial charge < -0.3 is 9.32 Å². The second kappa shape index (κ2) is 11.4. The molecule has 0 unspecified atom stereocenters. The van der Waals surface area contributed by atoms with Gasteiger partial charge in [-0.3, -0.25) is 0 Å². The summed E-state index contributed by atoms with van der Waals surface area (Å²) in [5.74, 6) is 2.35. The van der Waals surface area contributed by atoms with Crippen LogP contribution in [0.4, 0.5) is 17.1 Å². The molecule has 4 fully saturated rings. The minimum atomic E-state index is -3.71. The summed E-state index contributed by atoms with van der Waals surface area (Å²) < 4.78 is 35.8. The molecular weight excluding hydrogens is 695 g/mol. The molecule has 0 saturated heterocycles. The van der Waals surface area contributed by atoms with Gasteiger partial charge in [0.2, 0.25) is 9.84 Å². The van der Waals surface area contributed by atoms with Crippen molar-refractivity contribution in [1.29, 1.82) is 0 Å². The highest BCUT2D eigenvalue weighted by atomic mass is 32.2. The molecule has 7 aromatic carbocycles. The standard InChI is InChI=1S/C50H39NO3S/c52-55(53)47-18-6-4-16-44(47)50(36-24-31-23-32(26-36)27-37(50)25-31)45-30-40(21-22-48(45)55)51(39-20-19-33-9-1-2-10-34(33)28-39)38-12-7-11-35(29-38)41-14-8-15-43-42-13-3-5-17-46(42)54-49(41)43/h1-22,28-32,36-37H,23-27H2. The van der Waals surface area contributed by atoms with Gasteiger partial charge in [0, 0.05) is 38.8 Å². The Bertz CT molecular complexity index is 2970. The third-order valence-electron chi connectivity index (χ3n) is 13.8. The van der Waals surface area contributed by atoms with E-state index in [0.717, 1.165) is 78.5 Å². The van der Waals surface area contributed by atoms with E-state index in [1.54, 1.807) is 0 Å². The van der Waals surface area contributed by atoms with Crippen molar-refractivity contribution in [3.63, 3.8) is 0 Å². The molecule has 8 aromatic rings. The molecule has 268 valence electrons. The fourth-order valence-corrected chi connectivity index (χ4v) is 13.7. The van der Waals surface area contributed by atoms with Crippen LogP contribution in [0.1, 0.15) is 43.2 Å². The summed E-state index contributed by atoms with van der Waals surface area (Å²) in [5, 5.41) is 4.54. The van der Waals surface area contributed by atoms with Crippen molar-refractivity contribution in [3.05, 3.63) is 163 Å². The van der Waals surface area contributed by atoms with E-state index >= 15 is 0 Å². The lowest BCUT2D eigenvalue weighted by atomic mass is 9.42. The molecule has 4 bridgehead atoms. The van der Waals surface area contributed by atoms with Gasteiger partial charge in [-0.25, -0.2) is 8.42 Å². The first-order chi connectivity index (χ1) is 27.0. The van der Waals surface area contributed by atoms with Crippen LogP contribution >= 0.6 is 0 Å². The molecule has 0 atom stereocenters. The average molecular weight is 734 g/mol. The van der Waals surface area contributed by atoms with E-state index in [0.29, 0.717) is 21.6 Å². The second-order valence-electron chi connectivity index (χ2n) is 16.6. The lowest BCUT2D eigenvalue weighted by Crippen LogP contribution is -2.57. The zero-order valence-electron chi connectivity index (χ0n) is 30.4. The van der Waals surface area contributed by atoms with Crippen LogP contribution in [0.3, 0.4) is 0 Å².